The largest absolute Gasteiger partial charge is 0.352 e. The van der Waals surface area contributed by atoms with E-state index in [0.717, 1.165) is 49.5 Å². The fraction of sp³-hybridized carbons (Fsp3) is 0.600. The number of benzene rings is 1. The van der Waals surface area contributed by atoms with Crippen LogP contribution in [0.5, 0.6) is 0 Å². The van der Waals surface area contributed by atoms with Gasteiger partial charge in [0.25, 0.3) is 0 Å². The third kappa shape index (κ3) is 5.92. The van der Waals surface area contributed by atoms with E-state index in [1.165, 1.54) is 68.3 Å². The Balaban J connectivity index is 0.00000320. The van der Waals surface area contributed by atoms with Crippen LogP contribution in [0.25, 0.3) is 22.2 Å². The molecular weight excluding hydrogens is 444 g/mol. The molecule has 6 heteroatoms. The minimum atomic E-state index is 0. The molecule has 36 heavy (non-hydrogen) atoms. The van der Waals surface area contributed by atoms with Crippen LogP contribution in [0, 0.1) is 0 Å². The molecule has 0 spiro atoms. The van der Waals surface area contributed by atoms with E-state index in [9.17, 15) is 0 Å². The van der Waals surface area contributed by atoms with Gasteiger partial charge in [0.2, 0.25) is 5.95 Å². The summed E-state index contributed by atoms with van der Waals surface area (Å²) in [5.41, 5.74) is 4.99. The van der Waals surface area contributed by atoms with Gasteiger partial charge >= 0.3 is 0 Å². The number of nitrogens with one attached hydrogen (secondary N) is 1. The number of anilines is 1. The fourth-order valence-corrected chi connectivity index (χ4v) is 6.00. The SMILES string of the molecule is CCC[C@H](C)Nc1ncc2c(-c3ccc(CN4CCCN(C)CC4)cc3)cn(C3CCCCC3)c2n1.[HH]. The van der Waals surface area contributed by atoms with Crippen molar-refractivity contribution in [1.82, 2.24) is 24.3 Å². The van der Waals surface area contributed by atoms with Crippen molar-refractivity contribution in [3.63, 3.8) is 0 Å². The average molecular weight is 491 g/mol. The van der Waals surface area contributed by atoms with Crippen LogP contribution in [0.15, 0.2) is 36.7 Å². The summed E-state index contributed by atoms with van der Waals surface area (Å²) in [6.07, 6.45) is 14.4. The lowest BCUT2D eigenvalue weighted by molar-refractivity contribution is 0.269. The molecule has 0 unspecified atom stereocenters. The maximum atomic E-state index is 5.06. The summed E-state index contributed by atoms with van der Waals surface area (Å²) in [5, 5.41) is 4.69. The van der Waals surface area contributed by atoms with Crippen molar-refractivity contribution in [2.24, 2.45) is 0 Å². The summed E-state index contributed by atoms with van der Waals surface area (Å²) in [5.74, 6) is 0.753. The monoisotopic (exact) mass is 490 g/mol. The molecule has 1 saturated carbocycles. The molecule has 3 heterocycles. The highest BCUT2D eigenvalue weighted by atomic mass is 15.2. The van der Waals surface area contributed by atoms with E-state index in [1.807, 2.05) is 6.20 Å². The van der Waals surface area contributed by atoms with Crippen LogP contribution < -0.4 is 5.32 Å². The second-order valence-corrected chi connectivity index (χ2v) is 11.1. The van der Waals surface area contributed by atoms with Crippen molar-refractivity contribution in [1.29, 1.82) is 0 Å². The summed E-state index contributed by atoms with van der Waals surface area (Å²) in [6, 6.07) is 10.1. The van der Waals surface area contributed by atoms with Gasteiger partial charge < -0.3 is 14.8 Å². The topological polar surface area (TPSA) is 49.2 Å². The molecule has 2 aromatic heterocycles. The number of hydrogen-bond acceptors (Lipinski definition) is 5. The summed E-state index contributed by atoms with van der Waals surface area (Å²) in [4.78, 5) is 14.8. The first-order chi connectivity index (χ1) is 17.6. The Bertz CT molecular complexity index is 1120. The van der Waals surface area contributed by atoms with Crippen LogP contribution in [0.1, 0.15) is 78.2 Å². The van der Waals surface area contributed by atoms with Crippen LogP contribution in [-0.2, 0) is 6.54 Å². The van der Waals surface area contributed by atoms with E-state index >= 15 is 0 Å². The number of rotatable bonds is 8. The first kappa shape index (κ1) is 25.2. The van der Waals surface area contributed by atoms with Crippen molar-refractivity contribution >= 4 is 17.0 Å². The Hall–Kier alpha value is -2.44. The zero-order chi connectivity index (χ0) is 24.9. The van der Waals surface area contributed by atoms with Crippen LogP contribution in [-0.4, -0.2) is 63.6 Å². The van der Waals surface area contributed by atoms with Crippen LogP contribution in [0.4, 0.5) is 5.95 Å². The maximum absolute atomic E-state index is 5.06. The molecule has 1 saturated heterocycles. The highest BCUT2D eigenvalue weighted by Gasteiger charge is 2.21. The number of hydrogen-bond donors (Lipinski definition) is 1. The van der Waals surface area contributed by atoms with Crippen molar-refractivity contribution in [3.05, 3.63) is 42.2 Å². The van der Waals surface area contributed by atoms with Gasteiger partial charge in [-0.25, -0.2) is 4.98 Å². The van der Waals surface area contributed by atoms with Gasteiger partial charge in [-0.1, -0.05) is 56.9 Å². The van der Waals surface area contributed by atoms with E-state index < -0.39 is 0 Å². The Kier molecular flexibility index (Phi) is 8.22. The molecule has 196 valence electrons. The Labute approximate surface area is 218 Å². The zero-order valence-corrected chi connectivity index (χ0v) is 22.5. The molecule has 2 fully saturated rings. The summed E-state index contributed by atoms with van der Waals surface area (Å²) < 4.78 is 2.46. The van der Waals surface area contributed by atoms with Crippen molar-refractivity contribution in [2.75, 3.05) is 38.5 Å². The number of nitrogens with zero attached hydrogens (tertiary/aromatic N) is 5. The highest BCUT2D eigenvalue weighted by molar-refractivity contribution is 5.94. The minimum absolute atomic E-state index is 0. The molecule has 5 rings (SSSR count). The predicted molar refractivity (Wildman–Crippen MR) is 153 cm³/mol. The van der Waals surface area contributed by atoms with Gasteiger partial charge in [0.1, 0.15) is 5.65 Å². The smallest absolute Gasteiger partial charge is 0.224 e. The van der Waals surface area contributed by atoms with Gasteiger partial charge in [0.05, 0.1) is 0 Å². The third-order valence-electron chi connectivity index (χ3n) is 8.12. The van der Waals surface area contributed by atoms with E-state index in [4.69, 9.17) is 9.97 Å². The standard InChI is InChI=1S/C30H44N6.H2/c1-4-9-23(2)32-30-31-20-27-28(22-36(29(27)33-30)26-10-6-5-7-11-26)25-14-12-24(13-15-25)21-35-17-8-16-34(3)18-19-35;/h12-15,20,22-23,26H,4-11,16-19,21H2,1-3H3,(H,31,32,33);1H/t23-;/m0./s1. The number of fused-ring (bicyclic) bond motifs is 1. The van der Waals surface area contributed by atoms with Gasteiger partial charge in [0.15, 0.2) is 0 Å². The Morgan fingerprint density at radius 1 is 1.03 bits per heavy atom. The molecule has 0 radical (unpaired) electrons. The Morgan fingerprint density at radius 3 is 2.61 bits per heavy atom. The lowest BCUT2D eigenvalue weighted by Crippen LogP contribution is -2.28. The van der Waals surface area contributed by atoms with E-state index in [2.05, 4.69) is 71.0 Å². The van der Waals surface area contributed by atoms with Crippen molar-refractivity contribution in [3.8, 4) is 11.1 Å². The van der Waals surface area contributed by atoms with Gasteiger partial charge in [-0.2, -0.15) is 4.98 Å². The Morgan fingerprint density at radius 2 is 1.83 bits per heavy atom. The van der Waals surface area contributed by atoms with E-state index in [-0.39, 0.29) is 1.43 Å². The van der Waals surface area contributed by atoms with Crippen molar-refractivity contribution < 1.29 is 1.43 Å². The van der Waals surface area contributed by atoms with Gasteiger partial charge in [-0.3, -0.25) is 4.90 Å². The molecule has 2 aliphatic rings. The molecule has 0 bridgehead atoms. The van der Waals surface area contributed by atoms with Crippen molar-refractivity contribution in [2.45, 2.75) is 83.8 Å². The summed E-state index contributed by atoms with van der Waals surface area (Å²) in [6.45, 7) is 10.2. The highest BCUT2D eigenvalue weighted by Crippen LogP contribution is 2.36. The molecule has 1 atom stereocenters. The lowest BCUT2D eigenvalue weighted by atomic mass is 9.95. The van der Waals surface area contributed by atoms with Gasteiger partial charge in [-0.15, -0.1) is 0 Å². The normalized spacial score (nSPS) is 19.4. The molecule has 3 aromatic rings. The molecular formula is C30H46N6. The average Bonchev–Trinajstić information content (AvgIpc) is 3.14. The van der Waals surface area contributed by atoms with Crippen LogP contribution in [0.3, 0.4) is 0 Å². The first-order valence-electron chi connectivity index (χ1n) is 14.2. The number of likely N-dealkylation sites (N-methyl/N-ethyl adjacent to an activating group) is 1. The molecule has 1 aliphatic heterocycles. The molecule has 0 amide bonds. The van der Waals surface area contributed by atoms with E-state index in [1.54, 1.807) is 0 Å². The predicted octanol–water partition coefficient (Wildman–Crippen LogP) is 6.59. The molecule has 6 nitrogen and oxygen atoms in total. The first-order valence-corrected chi connectivity index (χ1v) is 14.2. The lowest BCUT2D eigenvalue weighted by Gasteiger charge is -2.24. The van der Waals surface area contributed by atoms with Crippen LogP contribution >= 0.6 is 0 Å². The third-order valence-corrected chi connectivity index (χ3v) is 8.12. The second-order valence-electron chi connectivity index (χ2n) is 11.1. The maximum Gasteiger partial charge on any atom is 0.224 e. The second kappa shape index (κ2) is 11.7. The quantitative estimate of drug-likeness (QED) is 0.386. The van der Waals surface area contributed by atoms with Crippen LogP contribution in [0.2, 0.25) is 0 Å². The van der Waals surface area contributed by atoms with E-state index in [0.29, 0.717) is 12.1 Å². The summed E-state index contributed by atoms with van der Waals surface area (Å²) >= 11 is 0. The fourth-order valence-electron chi connectivity index (χ4n) is 6.00. The minimum Gasteiger partial charge on any atom is -0.352 e. The molecule has 1 aliphatic carbocycles. The van der Waals surface area contributed by atoms with Gasteiger partial charge in [0, 0.05) is 56.5 Å². The molecule has 1 N–H and O–H groups in total. The zero-order valence-electron chi connectivity index (χ0n) is 22.5. The molecule has 1 aromatic carbocycles. The van der Waals surface area contributed by atoms with Gasteiger partial charge in [-0.05, 0) is 63.9 Å². The summed E-state index contributed by atoms with van der Waals surface area (Å²) in [7, 11) is 2.23. The number of aromatic nitrogens is 3.